The summed E-state index contributed by atoms with van der Waals surface area (Å²) in [5.41, 5.74) is 5.37. The van der Waals surface area contributed by atoms with Crippen LogP contribution < -0.4 is 11.1 Å². The third-order valence-electron chi connectivity index (χ3n) is 2.56. The molecular weight excluding hydrogens is 272 g/mol. The van der Waals surface area contributed by atoms with Crippen LogP contribution in [0.3, 0.4) is 0 Å². The number of carbonyl (C=O) groups excluding carboxylic acids is 1. The molecular formula is C11H13ClN4OS. The fraction of sp³-hybridized carbons (Fsp3) is 0.364. The smallest absolute Gasteiger partial charge is 0.240 e. The van der Waals surface area contributed by atoms with Gasteiger partial charge >= 0.3 is 0 Å². The molecule has 0 aliphatic rings. The number of halogens is 1. The summed E-state index contributed by atoms with van der Waals surface area (Å²) in [6.45, 7) is 3.83. The molecule has 0 saturated carbocycles. The molecule has 0 aliphatic heterocycles. The third-order valence-corrected chi connectivity index (χ3v) is 3.54. The van der Waals surface area contributed by atoms with Crippen LogP contribution in [0.15, 0.2) is 11.4 Å². The van der Waals surface area contributed by atoms with Crippen molar-refractivity contribution >= 4 is 44.9 Å². The Morgan fingerprint density at radius 1 is 1.50 bits per heavy atom. The quantitative estimate of drug-likeness (QED) is 0.844. The number of amides is 1. The van der Waals surface area contributed by atoms with E-state index in [9.17, 15) is 4.79 Å². The highest BCUT2D eigenvalue weighted by molar-refractivity contribution is 7.16. The zero-order chi connectivity index (χ0) is 13.3. The maximum Gasteiger partial charge on any atom is 0.240 e. The van der Waals surface area contributed by atoms with Gasteiger partial charge < -0.3 is 11.1 Å². The number of rotatable bonds is 4. The number of carbonyl (C=O) groups is 1. The minimum Gasteiger partial charge on any atom is -0.368 e. The van der Waals surface area contributed by atoms with E-state index in [-0.39, 0.29) is 11.2 Å². The van der Waals surface area contributed by atoms with Gasteiger partial charge in [0.2, 0.25) is 11.2 Å². The molecule has 1 amide bonds. The maximum absolute atomic E-state index is 11.4. The van der Waals surface area contributed by atoms with Crippen LogP contribution in [0.5, 0.6) is 0 Å². The highest BCUT2D eigenvalue weighted by Gasteiger charge is 2.21. The van der Waals surface area contributed by atoms with Gasteiger partial charge in [-0.25, -0.2) is 9.97 Å². The van der Waals surface area contributed by atoms with Gasteiger partial charge in [0.25, 0.3) is 0 Å². The Bertz CT molecular complexity index is 583. The summed E-state index contributed by atoms with van der Waals surface area (Å²) in [4.78, 5) is 20.4. The van der Waals surface area contributed by atoms with E-state index in [2.05, 4.69) is 15.3 Å². The van der Waals surface area contributed by atoms with Crippen LogP contribution in [0.1, 0.15) is 13.8 Å². The number of anilines is 1. The van der Waals surface area contributed by atoms with Crippen molar-refractivity contribution < 1.29 is 4.79 Å². The molecule has 0 spiro atoms. The number of fused-ring (bicyclic) bond motifs is 1. The van der Waals surface area contributed by atoms with E-state index in [4.69, 9.17) is 17.3 Å². The summed E-state index contributed by atoms with van der Waals surface area (Å²) >= 11 is 7.32. The molecule has 2 heterocycles. The van der Waals surface area contributed by atoms with E-state index in [0.717, 1.165) is 10.2 Å². The molecule has 5 nitrogen and oxygen atoms in total. The molecule has 2 aromatic rings. The minimum absolute atomic E-state index is 0.0601. The van der Waals surface area contributed by atoms with Gasteiger partial charge in [-0.15, -0.1) is 11.3 Å². The van der Waals surface area contributed by atoms with Crippen LogP contribution in [-0.4, -0.2) is 21.9 Å². The van der Waals surface area contributed by atoms with Gasteiger partial charge in [0.15, 0.2) is 0 Å². The molecule has 0 fully saturated rings. The first-order valence-corrected chi connectivity index (χ1v) is 6.71. The first-order chi connectivity index (χ1) is 8.49. The minimum atomic E-state index is -0.487. The fourth-order valence-corrected chi connectivity index (χ4v) is 2.64. The van der Waals surface area contributed by atoms with E-state index < -0.39 is 11.9 Å². The van der Waals surface area contributed by atoms with E-state index in [0.29, 0.717) is 5.82 Å². The highest BCUT2D eigenvalue weighted by Crippen LogP contribution is 2.27. The van der Waals surface area contributed by atoms with Gasteiger partial charge in [-0.1, -0.05) is 13.8 Å². The average Bonchev–Trinajstić information content (AvgIpc) is 2.72. The molecule has 0 saturated heterocycles. The SMILES string of the molecule is CC(C)C(Nc1nc(Cl)nc2sccc12)C(N)=O. The molecule has 0 aliphatic carbocycles. The van der Waals surface area contributed by atoms with Crippen molar-refractivity contribution in [1.82, 2.24) is 9.97 Å². The Hall–Kier alpha value is -1.40. The van der Waals surface area contributed by atoms with Gasteiger partial charge in [0, 0.05) is 0 Å². The predicted octanol–water partition coefficient (Wildman–Crippen LogP) is 2.27. The van der Waals surface area contributed by atoms with Crippen molar-refractivity contribution in [2.24, 2.45) is 11.7 Å². The van der Waals surface area contributed by atoms with Crippen LogP contribution in [0.2, 0.25) is 5.28 Å². The molecule has 3 N–H and O–H groups in total. The molecule has 18 heavy (non-hydrogen) atoms. The number of primary amides is 1. The van der Waals surface area contributed by atoms with Gasteiger partial charge in [0.1, 0.15) is 16.7 Å². The predicted molar refractivity (Wildman–Crippen MR) is 73.9 cm³/mol. The summed E-state index contributed by atoms with van der Waals surface area (Å²) in [5, 5.41) is 5.94. The van der Waals surface area contributed by atoms with Crippen LogP contribution in [0.4, 0.5) is 5.82 Å². The molecule has 1 unspecified atom stereocenters. The number of hydrogen-bond donors (Lipinski definition) is 2. The lowest BCUT2D eigenvalue weighted by Crippen LogP contribution is -2.39. The van der Waals surface area contributed by atoms with Crippen LogP contribution in [0, 0.1) is 5.92 Å². The normalized spacial score (nSPS) is 12.9. The molecule has 96 valence electrons. The van der Waals surface area contributed by atoms with Crippen LogP contribution in [-0.2, 0) is 4.79 Å². The number of hydrogen-bond acceptors (Lipinski definition) is 5. The Labute approximate surface area is 113 Å². The monoisotopic (exact) mass is 284 g/mol. The second-order valence-corrected chi connectivity index (χ2v) is 5.48. The molecule has 7 heteroatoms. The van der Waals surface area contributed by atoms with E-state index >= 15 is 0 Å². The third kappa shape index (κ3) is 2.54. The fourth-order valence-electron chi connectivity index (χ4n) is 1.65. The average molecular weight is 285 g/mol. The number of nitrogens with two attached hydrogens (primary N) is 1. The van der Waals surface area contributed by atoms with Crippen molar-refractivity contribution in [3.8, 4) is 0 Å². The number of thiophene rings is 1. The van der Waals surface area contributed by atoms with Gasteiger partial charge in [0.05, 0.1) is 5.39 Å². The van der Waals surface area contributed by atoms with E-state index in [1.165, 1.54) is 11.3 Å². The van der Waals surface area contributed by atoms with Gasteiger partial charge in [-0.05, 0) is 29.0 Å². The first-order valence-electron chi connectivity index (χ1n) is 5.45. The van der Waals surface area contributed by atoms with Crippen LogP contribution >= 0.6 is 22.9 Å². The molecule has 1 atom stereocenters. The van der Waals surface area contributed by atoms with E-state index in [1.54, 1.807) is 0 Å². The largest absolute Gasteiger partial charge is 0.368 e. The number of nitrogens with zero attached hydrogens (tertiary/aromatic N) is 2. The Morgan fingerprint density at radius 3 is 2.83 bits per heavy atom. The summed E-state index contributed by atoms with van der Waals surface area (Å²) in [5.74, 6) is 0.191. The maximum atomic E-state index is 11.4. The molecule has 2 rings (SSSR count). The van der Waals surface area contributed by atoms with Crippen molar-refractivity contribution in [2.45, 2.75) is 19.9 Å². The second-order valence-electron chi connectivity index (χ2n) is 4.25. The second kappa shape index (κ2) is 5.07. The van der Waals surface area contributed by atoms with Crippen LogP contribution in [0.25, 0.3) is 10.2 Å². The Balaban J connectivity index is 2.41. The van der Waals surface area contributed by atoms with Crippen molar-refractivity contribution in [3.63, 3.8) is 0 Å². The lowest BCUT2D eigenvalue weighted by molar-refractivity contribution is -0.119. The highest BCUT2D eigenvalue weighted by atomic mass is 35.5. The van der Waals surface area contributed by atoms with E-state index in [1.807, 2.05) is 25.3 Å². The summed E-state index contributed by atoms with van der Waals surface area (Å²) in [7, 11) is 0. The molecule has 2 aromatic heterocycles. The standard InChI is InChI=1S/C11H13ClN4OS/c1-5(2)7(8(13)17)14-9-6-3-4-18-10(6)16-11(12)15-9/h3-5,7H,1-2H3,(H2,13,17)(H,14,15,16). The molecule has 0 bridgehead atoms. The first kappa shape index (κ1) is 13.0. The summed E-state index contributed by atoms with van der Waals surface area (Å²) in [6, 6.07) is 1.40. The van der Waals surface area contributed by atoms with Crippen molar-refractivity contribution in [1.29, 1.82) is 0 Å². The van der Waals surface area contributed by atoms with Crippen molar-refractivity contribution in [3.05, 3.63) is 16.7 Å². The zero-order valence-electron chi connectivity index (χ0n) is 9.98. The van der Waals surface area contributed by atoms with Crippen molar-refractivity contribution in [2.75, 3.05) is 5.32 Å². The Kier molecular flexibility index (Phi) is 3.68. The Morgan fingerprint density at radius 2 is 2.22 bits per heavy atom. The zero-order valence-corrected chi connectivity index (χ0v) is 11.5. The topological polar surface area (TPSA) is 80.9 Å². The van der Waals surface area contributed by atoms with Gasteiger partial charge in [-0.2, -0.15) is 0 Å². The summed E-state index contributed by atoms with van der Waals surface area (Å²) in [6.07, 6.45) is 0. The number of aromatic nitrogens is 2. The lowest BCUT2D eigenvalue weighted by Gasteiger charge is -2.19. The molecule has 0 radical (unpaired) electrons. The number of nitrogens with one attached hydrogen (secondary N) is 1. The lowest BCUT2D eigenvalue weighted by atomic mass is 10.0. The summed E-state index contributed by atoms with van der Waals surface area (Å²) < 4.78 is 0. The molecule has 0 aromatic carbocycles. The van der Waals surface area contributed by atoms with Gasteiger partial charge in [-0.3, -0.25) is 4.79 Å².